The van der Waals surface area contributed by atoms with Crippen molar-refractivity contribution in [3.05, 3.63) is 41.3 Å². The molecule has 1 atom stereocenters. The van der Waals surface area contributed by atoms with Crippen molar-refractivity contribution in [1.82, 2.24) is 4.90 Å². The van der Waals surface area contributed by atoms with Gasteiger partial charge in [-0.25, -0.2) is 4.79 Å². The SMILES string of the molecule is CCOC(=O)c1sc(-c2ccccc2)cc1NC(=O)CN1CCC[C@@H](C)C1. The normalized spacial score (nSPS) is 17.5. The van der Waals surface area contributed by atoms with Crippen LogP contribution in [-0.2, 0) is 9.53 Å². The van der Waals surface area contributed by atoms with Crippen LogP contribution in [0.1, 0.15) is 36.4 Å². The molecule has 0 saturated carbocycles. The zero-order valence-corrected chi connectivity index (χ0v) is 16.7. The van der Waals surface area contributed by atoms with Gasteiger partial charge in [0.2, 0.25) is 5.91 Å². The zero-order chi connectivity index (χ0) is 19.2. The van der Waals surface area contributed by atoms with Gasteiger partial charge >= 0.3 is 5.97 Å². The quantitative estimate of drug-likeness (QED) is 0.754. The first-order valence-corrected chi connectivity index (χ1v) is 10.3. The Bertz CT molecular complexity index is 788. The number of nitrogens with one attached hydrogen (secondary N) is 1. The molecular formula is C21H26N2O3S. The van der Waals surface area contributed by atoms with Gasteiger partial charge in [0.15, 0.2) is 0 Å². The van der Waals surface area contributed by atoms with Crippen molar-refractivity contribution in [1.29, 1.82) is 0 Å². The van der Waals surface area contributed by atoms with Crippen LogP contribution < -0.4 is 5.32 Å². The molecule has 1 amide bonds. The standard InChI is InChI=1S/C21H26N2O3S/c1-3-26-21(25)20-17(12-18(27-20)16-9-5-4-6-10-16)22-19(24)14-23-11-7-8-15(2)13-23/h4-6,9-10,12,15H,3,7-8,11,13-14H2,1-2H3,(H,22,24)/t15-/m1/s1. The number of piperidine rings is 1. The predicted molar refractivity (Wildman–Crippen MR) is 109 cm³/mol. The van der Waals surface area contributed by atoms with Crippen LogP contribution in [-0.4, -0.2) is 43.0 Å². The summed E-state index contributed by atoms with van der Waals surface area (Å²) < 4.78 is 5.17. The van der Waals surface area contributed by atoms with Crippen LogP contribution in [0.3, 0.4) is 0 Å². The molecule has 0 aliphatic carbocycles. The molecule has 2 aromatic rings. The van der Waals surface area contributed by atoms with E-state index in [-0.39, 0.29) is 5.91 Å². The van der Waals surface area contributed by atoms with Gasteiger partial charge in [0, 0.05) is 11.4 Å². The molecule has 5 nitrogen and oxygen atoms in total. The van der Waals surface area contributed by atoms with Gasteiger partial charge in [-0.2, -0.15) is 0 Å². The van der Waals surface area contributed by atoms with Crippen LogP contribution in [0.5, 0.6) is 0 Å². The fraction of sp³-hybridized carbons (Fsp3) is 0.429. The molecule has 1 aromatic heterocycles. The van der Waals surface area contributed by atoms with E-state index in [1.54, 1.807) is 6.92 Å². The third-order valence-electron chi connectivity index (χ3n) is 4.63. The Morgan fingerprint density at radius 3 is 2.78 bits per heavy atom. The number of carbonyl (C=O) groups excluding carboxylic acids is 2. The van der Waals surface area contributed by atoms with Gasteiger partial charge in [0.25, 0.3) is 0 Å². The molecule has 1 saturated heterocycles. The Kier molecular flexibility index (Phi) is 6.63. The number of amides is 1. The highest BCUT2D eigenvalue weighted by Gasteiger charge is 2.22. The van der Waals surface area contributed by atoms with Crippen LogP contribution in [0.2, 0.25) is 0 Å². The maximum absolute atomic E-state index is 12.6. The van der Waals surface area contributed by atoms with Crippen molar-refractivity contribution in [2.24, 2.45) is 5.92 Å². The molecular weight excluding hydrogens is 360 g/mol. The summed E-state index contributed by atoms with van der Waals surface area (Å²) in [4.78, 5) is 28.5. The Morgan fingerprint density at radius 2 is 2.07 bits per heavy atom. The van der Waals surface area contributed by atoms with Crippen molar-refractivity contribution >= 4 is 28.9 Å². The molecule has 1 aromatic carbocycles. The van der Waals surface area contributed by atoms with Crippen molar-refractivity contribution in [2.75, 3.05) is 31.6 Å². The summed E-state index contributed by atoms with van der Waals surface area (Å²) in [6, 6.07) is 11.7. The van der Waals surface area contributed by atoms with Crippen molar-refractivity contribution in [3.8, 4) is 10.4 Å². The fourth-order valence-corrected chi connectivity index (χ4v) is 4.41. The molecule has 27 heavy (non-hydrogen) atoms. The minimum Gasteiger partial charge on any atom is -0.462 e. The van der Waals surface area contributed by atoms with Crippen LogP contribution in [0.4, 0.5) is 5.69 Å². The number of anilines is 1. The number of esters is 1. The second-order valence-electron chi connectivity index (χ2n) is 6.97. The van der Waals surface area contributed by atoms with E-state index in [1.807, 2.05) is 36.4 Å². The number of likely N-dealkylation sites (tertiary alicyclic amines) is 1. The van der Waals surface area contributed by atoms with Gasteiger partial charge in [0.05, 0.1) is 18.8 Å². The topological polar surface area (TPSA) is 58.6 Å². The van der Waals surface area contributed by atoms with Crippen LogP contribution in [0.25, 0.3) is 10.4 Å². The molecule has 6 heteroatoms. The van der Waals surface area contributed by atoms with Crippen LogP contribution >= 0.6 is 11.3 Å². The summed E-state index contributed by atoms with van der Waals surface area (Å²) in [6.45, 7) is 6.53. The first kappa shape index (κ1) is 19.6. The number of rotatable bonds is 6. The number of ether oxygens (including phenoxy) is 1. The lowest BCUT2D eigenvalue weighted by Gasteiger charge is -2.30. The lowest BCUT2D eigenvalue weighted by molar-refractivity contribution is -0.117. The van der Waals surface area contributed by atoms with Gasteiger partial charge in [-0.05, 0) is 43.9 Å². The maximum Gasteiger partial charge on any atom is 0.350 e. The summed E-state index contributed by atoms with van der Waals surface area (Å²) in [5.74, 6) is 0.131. The third kappa shape index (κ3) is 5.17. The van der Waals surface area contributed by atoms with E-state index in [0.717, 1.165) is 30.0 Å². The van der Waals surface area contributed by atoms with Gasteiger partial charge < -0.3 is 10.1 Å². The molecule has 1 N–H and O–H groups in total. The van der Waals surface area contributed by atoms with Gasteiger partial charge in [-0.1, -0.05) is 37.3 Å². The first-order chi connectivity index (χ1) is 13.1. The van der Waals surface area contributed by atoms with Crippen molar-refractivity contribution < 1.29 is 14.3 Å². The molecule has 0 bridgehead atoms. The maximum atomic E-state index is 12.6. The monoisotopic (exact) mass is 386 g/mol. The van der Waals surface area contributed by atoms with E-state index < -0.39 is 5.97 Å². The highest BCUT2D eigenvalue weighted by atomic mass is 32.1. The van der Waals surface area contributed by atoms with E-state index in [2.05, 4.69) is 17.1 Å². The Labute approximate surface area is 164 Å². The van der Waals surface area contributed by atoms with E-state index in [9.17, 15) is 9.59 Å². The molecule has 1 fully saturated rings. The number of nitrogens with zero attached hydrogens (tertiary/aromatic N) is 1. The lowest BCUT2D eigenvalue weighted by Crippen LogP contribution is -2.39. The number of thiophene rings is 1. The van der Waals surface area contributed by atoms with E-state index in [0.29, 0.717) is 29.6 Å². The Hall–Kier alpha value is -2.18. The molecule has 0 unspecified atom stereocenters. The number of benzene rings is 1. The Morgan fingerprint density at radius 1 is 1.30 bits per heavy atom. The largest absolute Gasteiger partial charge is 0.462 e. The molecule has 2 heterocycles. The summed E-state index contributed by atoms with van der Waals surface area (Å²) in [7, 11) is 0. The number of hydrogen-bond acceptors (Lipinski definition) is 5. The summed E-state index contributed by atoms with van der Waals surface area (Å²) >= 11 is 1.35. The van der Waals surface area contributed by atoms with Crippen LogP contribution in [0, 0.1) is 5.92 Å². The Balaban J connectivity index is 1.77. The van der Waals surface area contributed by atoms with E-state index >= 15 is 0 Å². The van der Waals surface area contributed by atoms with E-state index in [4.69, 9.17) is 4.74 Å². The van der Waals surface area contributed by atoms with Gasteiger partial charge in [0.1, 0.15) is 4.88 Å². The highest BCUT2D eigenvalue weighted by Crippen LogP contribution is 2.35. The first-order valence-electron chi connectivity index (χ1n) is 9.45. The second kappa shape index (κ2) is 9.15. The molecule has 1 aliphatic heterocycles. The smallest absolute Gasteiger partial charge is 0.350 e. The van der Waals surface area contributed by atoms with Crippen molar-refractivity contribution in [2.45, 2.75) is 26.7 Å². The average Bonchev–Trinajstić information content (AvgIpc) is 3.06. The molecule has 0 radical (unpaired) electrons. The predicted octanol–water partition coefficient (Wildman–Crippen LogP) is 4.26. The molecule has 0 spiro atoms. The summed E-state index contributed by atoms with van der Waals surface area (Å²) in [6.07, 6.45) is 2.34. The number of hydrogen-bond donors (Lipinski definition) is 1. The minimum atomic E-state index is -0.397. The summed E-state index contributed by atoms with van der Waals surface area (Å²) in [5.41, 5.74) is 1.55. The number of carbonyl (C=O) groups is 2. The zero-order valence-electron chi connectivity index (χ0n) is 15.9. The fourth-order valence-electron chi connectivity index (χ4n) is 3.40. The minimum absolute atomic E-state index is 0.0907. The molecule has 144 valence electrons. The highest BCUT2D eigenvalue weighted by molar-refractivity contribution is 7.18. The summed E-state index contributed by atoms with van der Waals surface area (Å²) in [5, 5.41) is 2.93. The second-order valence-corrected chi connectivity index (χ2v) is 8.02. The molecule has 3 rings (SSSR count). The average molecular weight is 387 g/mol. The van der Waals surface area contributed by atoms with Gasteiger partial charge in [-0.15, -0.1) is 11.3 Å². The van der Waals surface area contributed by atoms with Gasteiger partial charge in [-0.3, -0.25) is 9.69 Å². The lowest BCUT2D eigenvalue weighted by atomic mass is 10.0. The van der Waals surface area contributed by atoms with Crippen LogP contribution in [0.15, 0.2) is 36.4 Å². The van der Waals surface area contributed by atoms with Crippen molar-refractivity contribution in [3.63, 3.8) is 0 Å². The third-order valence-corrected chi connectivity index (χ3v) is 5.80. The molecule has 1 aliphatic rings. The van der Waals surface area contributed by atoms with E-state index in [1.165, 1.54) is 17.8 Å².